The SMILES string of the molecule is CCCN=C(N)NC(CC)CC. The van der Waals surface area contributed by atoms with Crippen LogP contribution in [-0.4, -0.2) is 18.5 Å². The van der Waals surface area contributed by atoms with Crippen molar-refractivity contribution in [2.45, 2.75) is 46.1 Å². The lowest BCUT2D eigenvalue weighted by molar-refractivity contribution is 0.566. The molecule has 0 spiro atoms. The molecule has 0 bridgehead atoms. The van der Waals surface area contributed by atoms with Crippen molar-refractivity contribution in [2.75, 3.05) is 6.54 Å². The number of hydrogen-bond acceptors (Lipinski definition) is 1. The molecule has 0 unspecified atom stereocenters. The molecule has 0 fully saturated rings. The monoisotopic (exact) mass is 171 g/mol. The van der Waals surface area contributed by atoms with E-state index in [9.17, 15) is 0 Å². The number of guanidine groups is 1. The third-order valence-corrected chi connectivity index (χ3v) is 1.84. The molecule has 0 radical (unpaired) electrons. The van der Waals surface area contributed by atoms with Gasteiger partial charge in [0.1, 0.15) is 0 Å². The van der Waals surface area contributed by atoms with Crippen LogP contribution in [0.3, 0.4) is 0 Å². The number of nitrogens with one attached hydrogen (secondary N) is 1. The van der Waals surface area contributed by atoms with Crippen molar-refractivity contribution >= 4 is 5.96 Å². The molecule has 0 atom stereocenters. The fourth-order valence-electron chi connectivity index (χ4n) is 0.980. The molecule has 0 aromatic carbocycles. The van der Waals surface area contributed by atoms with E-state index in [0.717, 1.165) is 25.8 Å². The fraction of sp³-hybridized carbons (Fsp3) is 0.889. The molecule has 0 aliphatic heterocycles. The van der Waals surface area contributed by atoms with Gasteiger partial charge in [-0.2, -0.15) is 0 Å². The Bertz CT molecular complexity index is 128. The van der Waals surface area contributed by atoms with E-state index < -0.39 is 0 Å². The Morgan fingerprint density at radius 3 is 2.33 bits per heavy atom. The molecule has 0 aromatic rings. The van der Waals surface area contributed by atoms with Gasteiger partial charge in [-0.05, 0) is 19.3 Å². The van der Waals surface area contributed by atoms with Gasteiger partial charge in [0, 0.05) is 12.6 Å². The summed E-state index contributed by atoms with van der Waals surface area (Å²) in [6.45, 7) is 7.20. The first-order chi connectivity index (χ1) is 5.74. The molecule has 0 amide bonds. The van der Waals surface area contributed by atoms with E-state index in [1.807, 2.05) is 0 Å². The highest BCUT2D eigenvalue weighted by Crippen LogP contribution is 1.94. The summed E-state index contributed by atoms with van der Waals surface area (Å²) in [6, 6.07) is 0.477. The minimum Gasteiger partial charge on any atom is -0.370 e. The van der Waals surface area contributed by atoms with Gasteiger partial charge in [0.15, 0.2) is 5.96 Å². The second kappa shape index (κ2) is 6.95. The van der Waals surface area contributed by atoms with E-state index in [4.69, 9.17) is 5.73 Å². The number of hydrogen-bond donors (Lipinski definition) is 2. The zero-order valence-electron chi connectivity index (χ0n) is 8.43. The third kappa shape index (κ3) is 4.99. The summed E-state index contributed by atoms with van der Waals surface area (Å²) in [4.78, 5) is 4.16. The fourth-order valence-corrected chi connectivity index (χ4v) is 0.980. The van der Waals surface area contributed by atoms with Gasteiger partial charge in [0.05, 0.1) is 0 Å². The first-order valence-corrected chi connectivity index (χ1v) is 4.81. The normalized spacial score (nSPS) is 12.2. The second-order valence-corrected chi connectivity index (χ2v) is 2.92. The summed E-state index contributed by atoms with van der Waals surface area (Å²) >= 11 is 0. The summed E-state index contributed by atoms with van der Waals surface area (Å²) in [5.41, 5.74) is 5.65. The standard InChI is InChI=1S/C9H21N3/c1-4-7-11-9(10)12-8(5-2)6-3/h8H,4-7H2,1-3H3,(H3,10,11,12). The van der Waals surface area contributed by atoms with Gasteiger partial charge in [-0.15, -0.1) is 0 Å². The maximum absolute atomic E-state index is 5.65. The molecule has 0 saturated heterocycles. The van der Waals surface area contributed by atoms with Crippen molar-refractivity contribution in [1.82, 2.24) is 5.32 Å². The molecule has 0 saturated carbocycles. The quantitative estimate of drug-likeness (QED) is 0.486. The first kappa shape index (κ1) is 11.3. The summed E-state index contributed by atoms with van der Waals surface area (Å²) in [5, 5.41) is 3.18. The van der Waals surface area contributed by atoms with E-state index in [1.54, 1.807) is 0 Å². The van der Waals surface area contributed by atoms with E-state index in [2.05, 4.69) is 31.1 Å². The average molecular weight is 171 g/mol. The molecular weight excluding hydrogens is 150 g/mol. The largest absolute Gasteiger partial charge is 0.370 e. The van der Waals surface area contributed by atoms with Crippen LogP contribution in [0.2, 0.25) is 0 Å². The van der Waals surface area contributed by atoms with Crippen LogP contribution in [-0.2, 0) is 0 Å². The lowest BCUT2D eigenvalue weighted by Gasteiger charge is -2.14. The summed E-state index contributed by atoms with van der Waals surface area (Å²) in [7, 11) is 0. The van der Waals surface area contributed by atoms with E-state index in [0.29, 0.717) is 12.0 Å². The van der Waals surface area contributed by atoms with Gasteiger partial charge in [0.25, 0.3) is 0 Å². The molecule has 12 heavy (non-hydrogen) atoms. The van der Waals surface area contributed by atoms with Crippen molar-refractivity contribution < 1.29 is 0 Å². The van der Waals surface area contributed by atoms with E-state index in [1.165, 1.54) is 0 Å². The number of nitrogens with two attached hydrogens (primary N) is 1. The summed E-state index contributed by atoms with van der Waals surface area (Å²) < 4.78 is 0. The third-order valence-electron chi connectivity index (χ3n) is 1.84. The lowest BCUT2D eigenvalue weighted by Crippen LogP contribution is -2.39. The minimum absolute atomic E-state index is 0.477. The Labute approximate surface area is 75.4 Å². The zero-order valence-corrected chi connectivity index (χ0v) is 8.43. The highest BCUT2D eigenvalue weighted by molar-refractivity contribution is 5.78. The predicted octanol–water partition coefficient (Wildman–Crippen LogP) is 1.49. The maximum Gasteiger partial charge on any atom is 0.188 e. The van der Waals surface area contributed by atoms with Gasteiger partial charge in [-0.1, -0.05) is 20.8 Å². The van der Waals surface area contributed by atoms with Crippen LogP contribution in [0.4, 0.5) is 0 Å². The van der Waals surface area contributed by atoms with Crippen LogP contribution >= 0.6 is 0 Å². The Hall–Kier alpha value is -0.730. The molecule has 0 rings (SSSR count). The van der Waals surface area contributed by atoms with Gasteiger partial charge in [0.2, 0.25) is 0 Å². The van der Waals surface area contributed by atoms with Crippen molar-refractivity contribution in [3.05, 3.63) is 0 Å². The molecule has 3 N–H and O–H groups in total. The maximum atomic E-state index is 5.65. The molecule has 0 aliphatic carbocycles. The first-order valence-electron chi connectivity index (χ1n) is 4.81. The number of nitrogens with zero attached hydrogens (tertiary/aromatic N) is 1. The second-order valence-electron chi connectivity index (χ2n) is 2.92. The van der Waals surface area contributed by atoms with Crippen molar-refractivity contribution in [2.24, 2.45) is 10.7 Å². The van der Waals surface area contributed by atoms with E-state index >= 15 is 0 Å². The molecule has 0 heterocycles. The summed E-state index contributed by atoms with van der Waals surface area (Å²) in [5.74, 6) is 0.588. The van der Waals surface area contributed by atoms with Crippen molar-refractivity contribution in [3.8, 4) is 0 Å². The highest BCUT2D eigenvalue weighted by atomic mass is 15.1. The molecule has 72 valence electrons. The Morgan fingerprint density at radius 1 is 1.33 bits per heavy atom. The molecule has 0 aromatic heterocycles. The Kier molecular flexibility index (Phi) is 6.53. The number of aliphatic imine (C=N–C) groups is 1. The number of rotatable bonds is 5. The lowest BCUT2D eigenvalue weighted by atomic mass is 10.2. The van der Waals surface area contributed by atoms with Crippen LogP contribution in [0.25, 0.3) is 0 Å². The average Bonchev–Trinajstić information content (AvgIpc) is 2.10. The molecule has 3 nitrogen and oxygen atoms in total. The van der Waals surface area contributed by atoms with Crippen LogP contribution in [0.15, 0.2) is 4.99 Å². The summed E-state index contributed by atoms with van der Waals surface area (Å²) in [6.07, 6.45) is 3.24. The topological polar surface area (TPSA) is 50.4 Å². The highest BCUT2D eigenvalue weighted by Gasteiger charge is 2.01. The van der Waals surface area contributed by atoms with Crippen LogP contribution in [0, 0.1) is 0 Å². The van der Waals surface area contributed by atoms with Crippen molar-refractivity contribution in [3.63, 3.8) is 0 Å². The van der Waals surface area contributed by atoms with Crippen molar-refractivity contribution in [1.29, 1.82) is 0 Å². The van der Waals surface area contributed by atoms with Gasteiger partial charge in [-0.25, -0.2) is 0 Å². The van der Waals surface area contributed by atoms with Gasteiger partial charge in [-0.3, -0.25) is 4.99 Å². The molecular formula is C9H21N3. The van der Waals surface area contributed by atoms with E-state index in [-0.39, 0.29) is 0 Å². The zero-order chi connectivity index (χ0) is 9.40. The van der Waals surface area contributed by atoms with Gasteiger partial charge >= 0.3 is 0 Å². The molecule has 3 heteroatoms. The Morgan fingerprint density at radius 2 is 1.92 bits per heavy atom. The van der Waals surface area contributed by atoms with Crippen LogP contribution in [0.1, 0.15) is 40.0 Å². The Balaban J connectivity index is 3.71. The van der Waals surface area contributed by atoms with Crippen LogP contribution in [0.5, 0.6) is 0 Å². The van der Waals surface area contributed by atoms with Gasteiger partial charge < -0.3 is 11.1 Å². The minimum atomic E-state index is 0.477. The molecule has 0 aliphatic rings. The predicted molar refractivity (Wildman–Crippen MR) is 54.3 cm³/mol. The smallest absolute Gasteiger partial charge is 0.188 e. The van der Waals surface area contributed by atoms with Crippen LogP contribution < -0.4 is 11.1 Å².